The molecule has 1 aromatic rings. The molecule has 1 heterocycles. The molecular weight excluding hydrogens is 260 g/mol. The first-order valence-corrected chi connectivity index (χ1v) is 7.40. The number of nitrogens with zero attached hydrogens (tertiary/aromatic N) is 1. The molecule has 0 spiro atoms. The minimum Gasteiger partial charge on any atom is -0.377 e. The summed E-state index contributed by atoms with van der Waals surface area (Å²) in [5.41, 5.74) is 1.08. The molecule has 1 aromatic heterocycles. The number of hydrogen-bond acceptors (Lipinski definition) is 3. The summed E-state index contributed by atoms with van der Waals surface area (Å²) in [6, 6.07) is 2.29. The number of halogens is 1. The minimum absolute atomic E-state index is 0.0560. The van der Waals surface area contributed by atoms with Gasteiger partial charge in [0.15, 0.2) is 0 Å². The Bertz CT molecular complexity index is 405. The lowest BCUT2D eigenvalue weighted by molar-refractivity contribution is -0.0657. The summed E-state index contributed by atoms with van der Waals surface area (Å²) in [5, 5.41) is 4.18. The van der Waals surface area contributed by atoms with Crippen LogP contribution in [0.2, 0.25) is 5.02 Å². The van der Waals surface area contributed by atoms with Crippen molar-refractivity contribution in [2.24, 2.45) is 0 Å². The Morgan fingerprint density at radius 2 is 2.16 bits per heavy atom. The van der Waals surface area contributed by atoms with Gasteiger partial charge < -0.3 is 10.1 Å². The number of ether oxygens (including phenoxy) is 1. The maximum atomic E-state index is 6.22. The second kappa shape index (κ2) is 6.69. The van der Waals surface area contributed by atoms with Gasteiger partial charge >= 0.3 is 0 Å². The van der Waals surface area contributed by atoms with Crippen molar-refractivity contribution in [3.63, 3.8) is 0 Å². The normalized spacial score (nSPS) is 20.2. The van der Waals surface area contributed by atoms with Crippen molar-refractivity contribution < 1.29 is 4.74 Å². The second-order valence-electron chi connectivity index (χ2n) is 5.34. The molecule has 1 N–H and O–H groups in total. The van der Waals surface area contributed by atoms with E-state index in [0.29, 0.717) is 0 Å². The van der Waals surface area contributed by atoms with Gasteiger partial charge in [0.2, 0.25) is 0 Å². The summed E-state index contributed by atoms with van der Waals surface area (Å²) in [4.78, 5) is 4.04. The predicted octanol–water partition coefficient (Wildman–Crippen LogP) is 3.21. The third-order valence-electron chi connectivity index (χ3n) is 4.37. The van der Waals surface area contributed by atoms with Gasteiger partial charge in [0.25, 0.3) is 0 Å². The fourth-order valence-corrected chi connectivity index (χ4v) is 3.38. The van der Waals surface area contributed by atoms with E-state index < -0.39 is 0 Å². The number of hydrogen-bond donors (Lipinski definition) is 1. The number of nitrogens with one attached hydrogen (secondary N) is 1. The largest absolute Gasteiger partial charge is 0.377 e. The topological polar surface area (TPSA) is 34.2 Å². The van der Waals surface area contributed by atoms with E-state index in [2.05, 4.69) is 10.3 Å². The van der Waals surface area contributed by atoms with E-state index in [4.69, 9.17) is 16.3 Å². The van der Waals surface area contributed by atoms with Crippen LogP contribution >= 0.6 is 11.6 Å². The zero-order valence-corrected chi connectivity index (χ0v) is 12.5. The van der Waals surface area contributed by atoms with Crippen LogP contribution in [0.4, 0.5) is 0 Å². The number of methoxy groups -OCH3 is 1. The lowest BCUT2D eigenvalue weighted by atomic mass is 9.77. The van der Waals surface area contributed by atoms with Crippen molar-refractivity contribution in [1.82, 2.24) is 10.3 Å². The lowest BCUT2D eigenvalue weighted by Gasteiger charge is -2.42. The van der Waals surface area contributed by atoms with Gasteiger partial charge in [-0.15, -0.1) is 0 Å². The van der Waals surface area contributed by atoms with Crippen LogP contribution in [0.1, 0.15) is 37.7 Å². The van der Waals surface area contributed by atoms with E-state index in [1.165, 1.54) is 19.3 Å². The van der Waals surface area contributed by atoms with E-state index in [9.17, 15) is 0 Å². The highest BCUT2D eigenvalue weighted by molar-refractivity contribution is 6.31. The number of rotatable bonds is 5. The minimum atomic E-state index is -0.0560. The first kappa shape index (κ1) is 14.8. The Morgan fingerprint density at radius 3 is 2.74 bits per heavy atom. The van der Waals surface area contributed by atoms with E-state index in [1.54, 1.807) is 12.4 Å². The molecule has 0 radical (unpaired) electrons. The first-order chi connectivity index (χ1) is 9.22. The van der Waals surface area contributed by atoms with Crippen molar-refractivity contribution in [3.8, 4) is 0 Å². The molecule has 19 heavy (non-hydrogen) atoms. The fourth-order valence-electron chi connectivity index (χ4n) is 3.19. The summed E-state index contributed by atoms with van der Waals surface area (Å²) in [6.45, 7) is 0. The molecule has 1 unspecified atom stereocenters. The van der Waals surface area contributed by atoms with Crippen LogP contribution in [0.15, 0.2) is 18.5 Å². The molecule has 3 nitrogen and oxygen atoms in total. The lowest BCUT2D eigenvalue weighted by Crippen LogP contribution is -2.53. The number of pyridine rings is 1. The van der Waals surface area contributed by atoms with Crippen molar-refractivity contribution in [1.29, 1.82) is 0 Å². The fraction of sp³-hybridized carbons (Fsp3) is 0.667. The van der Waals surface area contributed by atoms with Crippen LogP contribution in [0.5, 0.6) is 0 Å². The van der Waals surface area contributed by atoms with Crippen molar-refractivity contribution in [2.75, 3.05) is 14.2 Å². The maximum absolute atomic E-state index is 6.22. The molecule has 0 amide bonds. The Hall–Kier alpha value is -0.640. The van der Waals surface area contributed by atoms with Gasteiger partial charge in [-0.3, -0.25) is 4.98 Å². The summed E-state index contributed by atoms with van der Waals surface area (Å²) in [7, 11) is 3.85. The molecule has 4 heteroatoms. The summed E-state index contributed by atoms with van der Waals surface area (Å²) in [5.74, 6) is 0. The van der Waals surface area contributed by atoms with E-state index >= 15 is 0 Å². The first-order valence-electron chi connectivity index (χ1n) is 7.02. The molecule has 0 aliphatic heterocycles. The summed E-state index contributed by atoms with van der Waals surface area (Å²) in [6.07, 6.45) is 10.4. The molecule has 1 aliphatic rings. The number of likely N-dealkylation sites (N-methyl/N-ethyl adjacent to an activating group) is 1. The maximum Gasteiger partial charge on any atom is 0.0834 e. The average Bonchev–Trinajstić information content (AvgIpc) is 2.47. The highest BCUT2D eigenvalue weighted by Gasteiger charge is 2.39. The van der Waals surface area contributed by atoms with Gasteiger partial charge in [-0.25, -0.2) is 0 Å². The van der Waals surface area contributed by atoms with Gasteiger partial charge in [-0.2, -0.15) is 0 Å². The van der Waals surface area contributed by atoms with Crippen molar-refractivity contribution in [3.05, 3.63) is 29.0 Å². The zero-order valence-electron chi connectivity index (χ0n) is 11.8. The Morgan fingerprint density at radius 1 is 1.42 bits per heavy atom. The van der Waals surface area contributed by atoms with E-state index in [0.717, 1.165) is 29.8 Å². The molecule has 0 saturated heterocycles. The van der Waals surface area contributed by atoms with Crippen LogP contribution in [-0.4, -0.2) is 30.8 Å². The zero-order chi connectivity index (χ0) is 13.7. The molecular formula is C15H23ClN2O. The highest BCUT2D eigenvalue weighted by atomic mass is 35.5. The van der Waals surface area contributed by atoms with Gasteiger partial charge in [-0.05, 0) is 37.9 Å². The standard InChI is InChI=1S/C15H23ClN2O/c1-17-14(10-12-6-9-18-11-13(12)16)15(19-2)7-4-3-5-8-15/h6,9,11,14,17H,3-5,7-8,10H2,1-2H3. The Kier molecular flexibility index (Phi) is 5.20. The third kappa shape index (κ3) is 3.28. The third-order valence-corrected chi connectivity index (χ3v) is 4.71. The Labute approximate surface area is 120 Å². The second-order valence-corrected chi connectivity index (χ2v) is 5.75. The monoisotopic (exact) mass is 282 g/mol. The van der Waals surface area contributed by atoms with E-state index in [-0.39, 0.29) is 11.6 Å². The van der Waals surface area contributed by atoms with Crippen molar-refractivity contribution in [2.45, 2.75) is 50.2 Å². The van der Waals surface area contributed by atoms with E-state index in [1.807, 2.05) is 20.2 Å². The van der Waals surface area contributed by atoms with Gasteiger partial charge in [-0.1, -0.05) is 30.9 Å². The average molecular weight is 283 g/mol. The number of aromatic nitrogens is 1. The molecule has 2 rings (SSSR count). The highest BCUT2D eigenvalue weighted by Crippen LogP contribution is 2.35. The van der Waals surface area contributed by atoms with Crippen LogP contribution in [0, 0.1) is 0 Å². The summed E-state index contributed by atoms with van der Waals surface area (Å²) >= 11 is 6.22. The predicted molar refractivity (Wildman–Crippen MR) is 78.6 cm³/mol. The van der Waals surface area contributed by atoms with Gasteiger partial charge in [0.05, 0.1) is 10.6 Å². The molecule has 1 aliphatic carbocycles. The molecule has 1 fully saturated rings. The van der Waals surface area contributed by atoms with Crippen LogP contribution < -0.4 is 5.32 Å². The molecule has 1 saturated carbocycles. The van der Waals surface area contributed by atoms with Crippen molar-refractivity contribution >= 4 is 11.6 Å². The molecule has 0 aromatic carbocycles. The van der Waals surface area contributed by atoms with Gasteiger partial charge in [0, 0.05) is 25.5 Å². The van der Waals surface area contributed by atoms with Crippen LogP contribution in [0.25, 0.3) is 0 Å². The SMILES string of the molecule is CNC(Cc1ccncc1Cl)C1(OC)CCCCC1. The summed E-state index contributed by atoms with van der Waals surface area (Å²) < 4.78 is 5.92. The van der Waals surface area contributed by atoms with Crippen LogP contribution in [0.3, 0.4) is 0 Å². The van der Waals surface area contributed by atoms with Gasteiger partial charge in [0.1, 0.15) is 0 Å². The Balaban J connectivity index is 2.17. The molecule has 1 atom stereocenters. The molecule has 106 valence electrons. The van der Waals surface area contributed by atoms with Crippen LogP contribution in [-0.2, 0) is 11.2 Å². The molecule has 0 bridgehead atoms. The smallest absolute Gasteiger partial charge is 0.0834 e. The quantitative estimate of drug-likeness (QED) is 0.900.